The second-order valence-corrected chi connectivity index (χ2v) is 5.58. The van der Waals surface area contributed by atoms with Crippen molar-refractivity contribution in [3.05, 3.63) is 70.5 Å². The maximum Gasteiger partial charge on any atom is 0.142 e. The summed E-state index contributed by atoms with van der Waals surface area (Å²) < 4.78 is 13.5. The number of benzene rings is 2. The van der Waals surface area contributed by atoms with Gasteiger partial charge in [0.05, 0.1) is 5.02 Å². The van der Waals surface area contributed by atoms with Crippen LogP contribution in [0, 0.1) is 5.82 Å². The van der Waals surface area contributed by atoms with Crippen molar-refractivity contribution < 1.29 is 4.39 Å². The molecular weight excluding hydrogens is 261 g/mol. The lowest BCUT2D eigenvalue weighted by Gasteiger charge is -2.43. The van der Waals surface area contributed by atoms with Crippen LogP contribution in [0.15, 0.2) is 48.5 Å². The average molecular weight is 276 g/mol. The molecule has 98 valence electrons. The molecule has 0 unspecified atom stereocenters. The van der Waals surface area contributed by atoms with Crippen molar-refractivity contribution in [1.82, 2.24) is 5.32 Å². The Bertz CT molecular complexity index is 579. The maximum absolute atomic E-state index is 13.5. The van der Waals surface area contributed by atoms with E-state index in [1.54, 1.807) is 12.1 Å². The van der Waals surface area contributed by atoms with Gasteiger partial charge in [-0.25, -0.2) is 4.39 Å². The molecule has 1 nitrogen and oxygen atoms in total. The van der Waals surface area contributed by atoms with Crippen LogP contribution in [-0.4, -0.2) is 13.1 Å². The molecule has 0 aliphatic carbocycles. The first-order valence-electron chi connectivity index (χ1n) is 6.40. The number of hydrogen-bond donors (Lipinski definition) is 1. The molecule has 0 radical (unpaired) electrons. The Hall–Kier alpha value is -1.38. The number of rotatable bonds is 3. The van der Waals surface area contributed by atoms with E-state index in [9.17, 15) is 4.39 Å². The molecule has 0 atom stereocenters. The zero-order valence-electron chi connectivity index (χ0n) is 10.5. The molecule has 0 amide bonds. The van der Waals surface area contributed by atoms with Gasteiger partial charge < -0.3 is 5.32 Å². The van der Waals surface area contributed by atoms with Gasteiger partial charge in [0.25, 0.3) is 0 Å². The molecule has 3 rings (SSSR count). The van der Waals surface area contributed by atoms with Gasteiger partial charge in [-0.05, 0) is 29.7 Å². The summed E-state index contributed by atoms with van der Waals surface area (Å²) in [6.07, 6.45) is 0.831. The van der Waals surface area contributed by atoms with E-state index in [0.717, 1.165) is 25.1 Å². The van der Waals surface area contributed by atoms with Gasteiger partial charge in [0, 0.05) is 18.5 Å². The normalized spacial score (nSPS) is 16.9. The first kappa shape index (κ1) is 12.6. The predicted octanol–water partition coefficient (Wildman–Crippen LogP) is 3.56. The number of hydrogen-bond acceptors (Lipinski definition) is 1. The third-order valence-corrected chi connectivity index (χ3v) is 4.15. The second kappa shape index (κ2) is 4.95. The Labute approximate surface area is 117 Å². The van der Waals surface area contributed by atoms with Crippen LogP contribution < -0.4 is 5.32 Å². The van der Waals surface area contributed by atoms with E-state index < -0.39 is 0 Å². The van der Waals surface area contributed by atoms with Crippen LogP contribution in [0.2, 0.25) is 5.02 Å². The molecule has 1 aliphatic rings. The van der Waals surface area contributed by atoms with Crippen LogP contribution in [0.1, 0.15) is 11.1 Å². The Balaban J connectivity index is 1.89. The van der Waals surface area contributed by atoms with Gasteiger partial charge in [0.1, 0.15) is 5.82 Å². The van der Waals surface area contributed by atoms with E-state index in [0.29, 0.717) is 0 Å². The minimum absolute atomic E-state index is 0.0849. The smallest absolute Gasteiger partial charge is 0.142 e. The van der Waals surface area contributed by atoms with Crippen molar-refractivity contribution in [2.45, 2.75) is 11.8 Å². The quantitative estimate of drug-likeness (QED) is 0.903. The van der Waals surface area contributed by atoms with Crippen LogP contribution >= 0.6 is 11.6 Å². The van der Waals surface area contributed by atoms with E-state index in [-0.39, 0.29) is 16.3 Å². The Morgan fingerprint density at radius 2 is 1.84 bits per heavy atom. The van der Waals surface area contributed by atoms with Crippen LogP contribution in [0.4, 0.5) is 4.39 Å². The predicted molar refractivity (Wildman–Crippen MR) is 76.1 cm³/mol. The third-order valence-electron chi connectivity index (χ3n) is 3.84. The van der Waals surface area contributed by atoms with Crippen molar-refractivity contribution in [3.63, 3.8) is 0 Å². The zero-order chi connectivity index (χ0) is 13.3. The zero-order valence-corrected chi connectivity index (χ0v) is 11.3. The third kappa shape index (κ3) is 2.38. The summed E-state index contributed by atoms with van der Waals surface area (Å²) in [6, 6.07) is 15.5. The first-order valence-corrected chi connectivity index (χ1v) is 6.78. The lowest BCUT2D eigenvalue weighted by atomic mass is 9.71. The summed E-state index contributed by atoms with van der Waals surface area (Å²) in [5.74, 6) is -0.338. The minimum atomic E-state index is -0.338. The fourth-order valence-corrected chi connectivity index (χ4v) is 2.81. The molecule has 1 heterocycles. The highest BCUT2D eigenvalue weighted by molar-refractivity contribution is 6.30. The lowest BCUT2D eigenvalue weighted by molar-refractivity contribution is 0.274. The summed E-state index contributed by atoms with van der Waals surface area (Å²) in [6.45, 7) is 1.86. The number of halogens is 2. The standard InChI is InChI=1S/C16H15ClFN/c17-14-7-6-12(8-15(14)18)9-16(10-19-11-16)13-4-2-1-3-5-13/h1-8,19H,9-11H2. The van der Waals surface area contributed by atoms with E-state index >= 15 is 0 Å². The van der Waals surface area contributed by atoms with Gasteiger partial charge in [-0.1, -0.05) is 48.0 Å². The SMILES string of the molecule is Fc1cc(CC2(c3ccccc3)CNC2)ccc1Cl. The Kier molecular flexibility index (Phi) is 3.29. The van der Waals surface area contributed by atoms with E-state index in [2.05, 4.69) is 29.6 Å². The van der Waals surface area contributed by atoms with E-state index in [1.165, 1.54) is 5.56 Å². The summed E-state index contributed by atoms with van der Waals surface area (Å²) in [5.41, 5.74) is 2.39. The molecule has 2 aromatic rings. The summed E-state index contributed by atoms with van der Waals surface area (Å²) in [4.78, 5) is 0. The highest BCUT2D eigenvalue weighted by Gasteiger charge is 2.38. The van der Waals surface area contributed by atoms with Crippen LogP contribution in [0.25, 0.3) is 0 Å². The van der Waals surface area contributed by atoms with Crippen molar-refractivity contribution in [2.75, 3.05) is 13.1 Å². The fourth-order valence-electron chi connectivity index (χ4n) is 2.69. The van der Waals surface area contributed by atoms with Crippen molar-refractivity contribution in [1.29, 1.82) is 0 Å². The van der Waals surface area contributed by atoms with Gasteiger partial charge in [0.2, 0.25) is 0 Å². The topological polar surface area (TPSA) is 12.0 Å². The van der Waals surface area contributed by atoms with Crippen LogP contribution in [0.5, 0.6) is 0 Å². The minimum Gasteiger partial charge on any atom is -0.315 e. The van der Waals surface area contributed by atoms with Crippen molar-refractivity contribution >= 4 is 11.6 Å². The molecule has 0 aromatic heterocycles. The monoisotopic (exact) mass is 275 g/mol. The molecule has 0 saturated carbocycles. The summed E-state index contributed by atoms with van der Waals surface area (Å²) >= 11 is 5.73. The molecule has 0 bridgehead atoms. The molecule has 2 aromatic carbocycles. The van der Waals surface area contributed by atoms with Crippen molar-refractivity contribution in [2.24, 2.45) is 0 Å². The first-order chi connectivity index (χ1) is 9.20. The molecule has 1 N–H and O–H groups in total. The molecule has 1 aliphatic heterocycles. The summed E-state index contributed by atoms with van der Waals surface area (Å²) in [5, 5.41) is 3.51. The van der Waals surface area contributed by atoms with Gasteiger partial charge >= 0.3 is 0 Å². The molecule has 0 spiro atoms. The number of nitrogens with one attached hydrogen (secondary N) is 1. The highest BCUT2D eigenvalue weighted by Crippen LogP contribution is 2.33. The molecular formula is C16H15ClFN. The van der Waals surface area contributed by atoms with E-state index in [1.807, 2.05) is 12.1 Å². The van der Waals surface area contributed by atoms with Gasteiger partial charge in [-0.2, -0.15) is 0 Å². The Morgan fingerprint density at radius 1 is 1.11 bits per heavy atom. The van der Waals surface area contributed by atoms with Crippen LogP contribution in [-0.2, 0) is 11.8 Å². The van der Waals surface area contributed by atoms with Gasteiger partial charge in [0.15, 0.2) is 0 Å². The molecule has 19 heavy (non-hydrogen) atoms. The second-order valence-electron chi connectivity index (χ2n) is 5.18. The van der Waals surface area contributed by atoms with Gasteiger partial charge in [-0.15, -0.1) is 0 Å². The lowest BCUT2D eigenvalue weighted by Crippen LogP contribution is -2.58. The van der Waals surface area contributed by atoms with E-state index in [4.69, 9.17) is 11.6 Å². The molecule has 1 fully saturated rings. The van der Waals surface area contributed by atoms with Crippen LogP contribution in [0.3, 0.4) is 0 Å². The van der Waals surface area contributed by atoms with Gasteiger partial charge in [-0.3, -0.25) is 0 Å². The highest BCUT2D eigenvalue weighted by atomic mass is 35.5. The molecule has 3 heteroatoms. The maximum atomic E-state index is 13.5. The largest absolute Gasteiger partial charge is 0.315 e. The Morgan fingerprint density at radius 3 is 2.42 bits per heavy atom. The fraction of sp³-hybridized carbons (Fsp3) is 0.250. The molecule has 1 saturated heterocycles. The van der Waals surface area contributed by atoms with Crippen molar-refractivity contribution in [3.8, 4) is 0 Å². The average Bonchev–Trinajstić information content (AvgIpc) is 2.39. The summed E-state index contributed by atoms with van der Waals surface area (Å²) in [7, 11) is 0.